The highest BCUT2D eigenvalue weighted by molar-refractivity contribution is 9.10. The summed E-state index contributed by atoms with van der Waals surface area (Å²) in [5.41, 5.74) is 1.51. The van der Waals surface area contributed by atoms with Crippen LogP contribution in [0.5, 0.6) is 5.75 Å². The van der Waals surface area contributed by atoms with E-state index in [-0.39, 0.29) is 5.56 Å². The van der Waals surface area contributed by atoms with Gasteiger partial charge in [0.25, 0.3) is 5.56 Å². The smallest absolute Gasteiger partial charge is 0.269 e. The number of fused-ring (bicyclic) bond motifs is 1. The molecule has 0 aliphatic carbocycles. The third-order valence-corrected chi connectivity index (χ3v) is 3.68. The molecule has 0 N–H and O–H groups in total. The van der Waals surface area contributed by atoms with Crippen LogP contribution in [0.1, 0.15) is 0 Å². The molecule has 4 nitrogen and oxygen atoms in total. The van der Waals surface area contributed by atoms with Crippen LogP contribution in [0.2, 0.25) is 0 Å². The highest BCUT2D eigenvalue weighted by atomic mass is 79.9. The zero-order chi connectivity index (χ0) is 14.7. The van der Waals surface area contributed by atoms with Crippen molar-refractivity contribution in [2.24, 2.45) is 0 Å². The summed E-state index contributed by atoms with van der Waals surface area (Å²) in [6.07, 6.45) is 1.35. The quantitative estimate of drug-likeness (QED) is 0.729. The molecule has 2 aromatic carbocycles. The Balaban J connectivity index is 1.77. The number of hydrogen-bond donors (Lipinski definition) is 0. The lowest BCUT2D eigenvalue weighted by Gasteiger charge is -2.10. The molecule has 0 bridgehead atoms. The monoisotopic (exact) mass is 344 g/mol. The van der Waals surface area contributed by atoms with Crippen molar-refractivity contribution in [3.05, 3.63) is 69.6 Å². The Hall–Kier alpha value is -2.14. The summed E-state index contributed by atoms with van der Waals surface area (Å²) < 4.78 is 8.36. The van der Waals surface area contributed by atoms with Crippen molar-refractivity contribution in [2.45, 2.75) is 6.54 Å². The molecule has 0 aliphatic rings. The van der Waals surface area contributed by atoms with E-state index in [1.165, 1.54) is 6.20 Å². The Kier molecular flexibility index (Phi) is 4.01. The summed E-state index contributed by atoms with van der Waals surface area (Å²) in [6.45, 7) is 0.910. The molecule has 1 heterocycles. The summed E-state index contributed by atoms with van der Waals surface area (Å²) >= 11 is 3.38. The molecule has 0 unspecified atom stereocenters. The number of hydrogen-bond acceptors (Lipinski definition) is 3. The summed E-state index contributed by atoms with van der Waals surface area (Å²) in [5, 5.41) is 0. The molecular weight excluding hydrogens is 332 g/mol. The zero-order valence-electron chi connectivity index (χ0n) is 11.2. The van der Waals surface area contributed by atoms with Gasteiger partial charge in [-0.2, -0.15) is 0 Å². The average Bonchev–Trinajstić information content (AvgIpc) is 2.51. The highest BCUT2D eigenvalue weighted by Gasteiger charge is 2.03. The number of halogens is 1. The van der Waals surface area contributed by atoms with Crippen molar-refractivity contribution in [1.29, 1.82) is 0 Å². The molecular formula is C16H13BrN2O2. The van der Waals surface area contributed by atoms with E-state index in [2.05, 4.69) is 20.9 Å². The largest absolute Gasteiger partial charge is 0.492 e. The van der Waals surface area contributed by atoms with Crippen LogP contribution < -0.4 is 10.3 Å². The summed E-state index contributed by atoms with van der Waals surface area (Å²) in [5.74, 6) is 0.782. The molecule has 3 rings (SSSR count). The molecule has 0 saturated carbocycles. The molecule has 1 aromatic heterocycles. The van der Waals surface area contributed by atoms with Gasteiger partial charge in [0.05, 0.1) is 23.8 Å². The first-order chi connectivity index (χ1) is 10.2. The fourth-order valence-electron chi connectivity index (χ4n) is 2.13. The Labute approximate surface area is 130 Å². The molecule has 0 saturated heterocycles. The second-order valence-electron chi connectivity index (χ2n) is 4.54. The van der Waals surface area contributed by atoms with Gasteiger partial charge in [0.2, 0.25) is 0 Å². The van der Waals surface area contributed by atoms with Gasteiger partial charge < -0.3 is 9.30 Å². The second kappa shape index (κ2) is 6.10. The normalized spacial score (nSPS) is 10.7. The minimum atomic E-state index is -0.117. The van der Waals surface area contributed by atoms with Crippen LogP contribution in [-0.2, 0) is 6.54 Å². The SMILES string of the molecule is O=c1cnc2ccccc2n1CCOc1ccc(Br)cc1. The van der Waals surface area contributed by atoms with Gasteiger partial charge in [-0.1, -0.05) is 28.1 Å². The van der Waals surface area contributed by atoms with Crippen LogP contribution >= 0.6 is 15.9 Å². The molecule has 21 heavy (non-hydrogen) atoms. The van der Waals surface area contributed by atoms with Crippen LogP contribution in [0.25, 0.3) is 11.0 Å². The topological polar surface area (TPSA) is 44.1 Å². The lowest BCUT2D eigenvalue weighted by atomic mass is 10.3. The maximum absolute atomic E-state index is 12.0. The molecule has 0 fully saturated rings. The molecule has 5 heteroatoms. The van der Waals surface area contributed by atoms with Gasteiger partial charge in [-0.3, -0.25) is 4.79 Å². The first-order valence-electron chi connectivity index (χ1n) is 6.57. The van der Waals surface area contributed by atoms with Gasteiger partial charge in [-0.05, 0) is 36.4 Å². The molecule has 3 aromatic rings. The maximum atomic E-state index is 12.0. The molecule has 0 aliphatic heterocycles. The van der Waals surface area contributed by atoms with Crippen molar-refractivity contribution in [3.8, 4) is 5.75 Å². The maximum Gasteiger partial charge on any atom is 0.269 e. The number of nitrogens with zero attached hydrogens (tertiary/aromatic N) is 2. The zero-order valence-corrected chi connectivity index (χ0v) is 12.8. The van der Waals surface area contributed by atoms with Crippen LogP contribution in [0.3, 0.4) is 0 Å². The minimum absolute atomic E-state index is 0.117. The second-order valence-corrected chi connectivity index (χ2v) is 5.45. The third-order valence-electron chi connectivity index (χ3n) is 3.15. The Bertz CT molecular complexity index is 812. The fraction of sp³-hybridized carbons (Fsp3) is 0.125. The van der Waals surface area contributed by atoms with Crippen molar-refractivity contribution in [3.63, 3.8) is 0 Å². The van der Waals surface area contributed by atoms with Gasteiger partial charge >= 0.3 is 0 Å². The van der Waals surface area contributed by atoms with E-state index in [4.69, 9.17) is 4.74 Å². The molecule has 0 atom stereocenters. The lowest BCUT2D eigenvalue weighted by molar-refractivity contribution is 0.298. The van der Waals surface area contributed by atoms with Crippen LogP contribution in [0.4, 0.5) is 0 Å². The minimum Gasteiger partial charge on any atom is -0.492 e. The lowest BCUT2D eigenvalue weighted by Crippen LogP contribution is -2.23. The first-order valence-corrected chi connectivity index (χ1v) is 7.36. The number of para-hydroxylation sites is 2. The number of rotatable bonds is 4. The predicted molar refractivity (Wildman–Crippen MR) is 85.6 cm³/mol. The van der Waals surface area contributed by atoms with Gasteiger partial charge in [-0.25, -0.2) is 4.98 Å². The van der Waals surface area contributed by atoms with Gasteiger partial charge in [0, 0.05) is 4.47 Å². The average molecular weight is 345 g/mol. The van der Waals surface area contributed by atoms with Crippen LogP contribution in [0, 0.1) is 0 Å². The Morgan fingerprint density at radius 1 is 1.10 bits per heavy atom. The predicted octanol–water partition coefficient (Wildman–Crippen LogP) is 3.24. The van der Waals surface area contributed by atoms with E-state index < -0.39 is 0 Å². The van der Waals surface area contributed by atoms with E-state index in [9.17, 15) is 4.79 Å². The van der Waals surface area contributed by atoms with Crippen molar-refractivity contribution >= 4 is 27.0 Å². The van der Waals surface area contributed by atoms with E-state index in [0.717, 1.165) is 21.3 Å². The van der Waals surface area contributed by atoms with E-state index >= 15 is 0 Å². The third kappa shape index (κ3) is 3.13. The van der Waals surface area contributed by atoms with E-state index in [1.807, 2.05) is 48.5 Å². The number of aromatic nitrogens is 2. The number of ether oxygens (including phenoxy) is 1. The first kappa shape index (κ1) is 13.8. The highest BCUT2D eigenvalue weighted by Crippen LogP contribution is 2.16. The number of benzene rings is 2. The van der Waals surface area contributed by atoms with Gasteiger partial charge in [0.15, 0.2) is 0 Å². The molecule has 0 radical (unpaired) electrons. The Morgan fingerprint density at radius 3 is 2.67 bits per heavy atom. The van der Waals surface area contributed by atoms with E-state index in [0.29, 0.717) is 13.2 Å². The van der Waals surface area contributed by atoms with E-state index in [1.54, 1.807) is 4.57 Å². The molecule has 0 spiro atoms. The standard InChI is InChI=1S/C16H13BrN2O2/c17-12-5-7-13(8-6-12)21-10-9-19-15-4-2-1-3-14(15)18-11-16(19)20/h1-8,11H,9-10H2. The van der Waals surface area contributed by atoms with Crippen LogP contribution in [-0.4, -0.2) is 16.2 Å². The van der Waals surface area contributed by atoms with Crippen molar-refractivity contribution in [2.75, 3.05) is 6.61 Å². The summed E-state index contributed by atoms with van der Waals surface area (Å²) in [6, 6.07) is 15.2. The summed E-state index contributed by atoms with van der Waals surface area (Å²) in [4.78, 5) is 16.1. The summed E-state index contributed by atoms with van der Waals surface area (Å²) in [7, 11) is 0. The Morgan fingerprint density at radius 2 is 1.86 bits per heavy atom. The fourth-order valence-corrected chi connectivity index (χ4v) is 2.40. The van der Waals surface area contributed by atoms with Gasteiger partial charge in [0.1, 0.15) is 12.4 Å². The molecule has 0 amide bonds. The van der Waals surface area contributed by atoms with Crippen LogP contribution in [0.15, 0.2) is 64.0 Å². The molecule has 106 valence electrons. The van der Waals surface area contributed by atoms with Crippen molar-refractivity contribution < 1.29 is 4.74 Å². The van der Waals surface area contributed by atoms with Gasteiger partial charge in [-0.15, -0.1) is 0 Å². The van der Waals surface area contributed by atoms with Crippen molar-refractivity contribution in [1.82, 2.24) is 9.55 Å².